The second-order valence-electron chi connectivity index (χ2n) is 4.45. The van der Waals surface area contributed by atoms with Crippen LogP contribution in [0.5, 0.6) is 0 Å². The molecule has 0 saturated carbocycles. The number of aryl methyl sites for hydroxylation is 1. The van der Waals surface area contributed by atoms with E-state index in [0.29, 0.717) is 27.8 Å². The maximum Gasteiger partial charge on any atom is 0.305 e. The first-order valence-corrected chi connectivity index (χ1v) is 6.15. The molecule has 0 radical (unpaired) electrons. The number of hydrogen-bond donors (Lipinski definition) is 3. The first-order chi connectivity index (χ1) is 9.49. The number of aromatic nitrogens is 1. The number of carboxylic acids is 1. The van der Waals surface area contributed by atoms with E-state index >= 15 is 0 Å². The molecular formula is C14H15N3O3. The summed E-state index contributed by atoms with van der Waals surface area (Å²) in [5.74, 6) is -1.28. The second-order valence-corrected chi connectivity index (χ2v) is 4.45. The minimum atomic E-state index is -0.953. The monoisotopic (exact) mass is 273 g/mol. The van der Waals surface area contributed by atoms with Crippen molar-refractivity contribution in [1.82, 2.24) is 10.3 Å². The SMILES string of the molecule is Cc1cc(C(=O)NCCC(=O)O)c2cccc(N)c2n1. The molecular weight excluding hydrogens is 258 g/mol. The van der Waals surface area contributed by atoms with Crippen LogP contribution >= 0.6 is 0 Å². The highest BCUT2D eigenvalue weighted by Gasteiger charge is 2.13. The molecule has 0 atom stereocenters. The van der Waals surface area contributed by atoms with Crippen LogP contribution in [0.25, 0.3) is 10.9 Å². The highest BCUT2D eigenvalue weighted by atomic mass is 16.4. The number of aliphatic carboxylic acids is 1. The van der Waals surface area contributed by atoms with Crippen molar-refractivity contribution < 1.29 is 14.7 Å². The number of carbonyl (C=O) groups excluding carboxylic acids is 1. The number of benzene rings is 1. The molecule has 1 heterocycles. The molecule has 0 spiro atoms. The summed E-state index contributed by atoms with van der Waals surface area (Å²) in [4.78, 5) is 26.9. The summed E-state index contributed by atoms with van der Waals surface area (Å²) < 4.78 is 0. The predicted molar refractivity (Wildman–Crippen MR) is 75.5 cm³/mol. The van der Waals surface area contributed by atoms with Crippen molar-refractivity contribution in [3.05, 3.63) is 35.5 Å². The Morgan fingerprint density at radius 3 is 2.85 bits per heavy atom. The molecule has 2 rings (SSSR count). The van der Waals surface area contributed by atoms with Crippen LogP contribution in [0.15, 0.2) is 24.3 Å². The lowest BCUT2D eigenvalue weighted by Gasteiger charge is -2.09. The largest absolute Gasteiger partial charge is 0.481 e. The molecule has 104 valence electrons. The third kappa shape index (κ3) is 2.85. The van der Waals surface area contributed by atoms with E-state index in [4.69, 9.17) is 10.8 Å². The van der Waals surface area contributed by atoms with E-state index < -0.39 is 5.97 Å². The Morgan fingerprint density at radius 2 is 2.15 bits per heavy atom. The van der Waals surface area contributed by atoms with Gasteiger partial charge in [0.05, 0.1) is 23.2 Å². The third-order valence-corrected chi connectivity index (χ3v) is 2.87. The quantitative estimate of drug-likeness (QED) is 0.729. The number of pyridine rings is 1. The van der Waals surface area contributed by atoms with Crippen LogP contribution in [0.4, 0.5) is 5.69 Å². The number of nitrogens with two attached hydrogens (primary N) is 1. The fourth-order valence-corrected chi connectivity index (χ4v) is 1.96. The van der Waals surface area contributed by atoms with Crippen LogP contribution in [0.1, 0.15) is 22.5 Å². The Balaban J connectivity index is 2.36. The van der Waals surface area contributed by atoms with Crippen molar-refractivity contribution in [2.75, 3.05) is 12.3 Å². The molecule has 1 aromatic heterocycles. The first kappa shape index (κ1) is 13.8. The van der Waals surface area contributed by atoms with Gasteiger partial charge in [-0.1, -0.05) is 12.1 Å². The number of carbonyl (C=O) groups is 2. The Morgan fingerprint density at radius 1 is 1.40 bits per heavy atom. The van der Waals surface area contributed by atoms with Crippen LogP contribution in [-0.4, -0.2) is 28.5 Å². The molecule has 2 aromatic rings. The van der Waals surface area contributed by atoms with Gasteiger partial charge >= 0.3 is 5.97 Å². The summed E-state index contributed by atoms with van der Waals surface area (Å²) in [5, 5.41) is 11.8. The van der Waals surface area contributed by atoms with E-state index in [1.807, 2.05) is 0 Å². The van der Waals surface area contributed by atoms with Crippen molar-refractivity contribution in [2.45, 2.75) is 13.3 Å². The number of carboxylic acid groups (broad SMARTS) is 1. The topological polar surface area (TPSA) is 105 Å². The van der Waals surface area contributed by atoms with Crippen LogP contribution < -0.4 is 11.1 Å². The maximum atomic E-state index is 12.1. The molecule has 20 heavy (non-hydrogen) atoms. The average Bonchev–Trinajstić information content (AvgIpc) is 2.38. The minimum Gasteiger partial charge on any atom is -0.481 e. The first-order valence-electron chi connectivity index (χ1n) is 6.15. The molecule has 0 saturated heterocycles. The maximum absolute atomic E-state index is 12.1. The normalized spacial score (nSPS) is 10.4. The molecule has 0 unspecified atom stereocenters. The van der Waals surface area contributed by atoms with Crippen molar-refractivity contribution in [3.63, 3.8) is 0 Å². The molecule has 6 nitrogen and oxygen atoms in total. The fourth-order valence-electron chi connectivity index (χ4n) is 1.96. The van der Waals surface area contributed by atoms with Gasteiger partial charge in [-0.3, -0.25) is 14.6 Å². The lowest BCUT2D eigenvalue weighted by Crippen LogP contribution is -2.26. The number of hydrogen-bond acceptors (Lipinski definition) is 4. The second kappa shape index (κ2) is 5.56. The fraction of sp³-hybridized carbons (Fsp3) is 0.214. The van der Waals surface area contributed by atoms with Gasteiger partial charge < -0.3 is 16.2 Å². The molecule has 6 heteroatoms. The van der Waals surface area contributed by atoms with Crippen molar-refractivity contribution in [3.8, 4) is 0 Å². The van der Waals surface area contributed by atoms with Gasteiger partial charge in [-0.05, 0) is 19.1 Å². The average molecular weight is 273 g/mol. The number of anilines is 1. The summed E-state index contributed by atoms with van der Waals surface area (Å²) in [6, 6.07) is 6.91. The van der Waals surface area contributed by atoms with Gasteiger partial charge in [-0.25, -0.2) is 0 Å². The Labute approximate surface area is 115 Å². The van der Waals surface area contributed by atoms with E-state index in [-0.39, 0.29) is 18.9 Å². The zero-order valence-electron chi connectivity index (χ0n) is 11.0. The van der Waals surface area contributed by atoms with Crippen molar-refractivity contribution in [1.29, 1.82) is 0 Å². The number of para-hydroxylation sites is 1. The van der Waals surface area contributed by atoms with Crippen LogP contribution in [0, 0.1) is 6.92 Å². The van der Waals surface area contributed by atoms with Gasteiger partial charge in [0.1, 0.15) is 0 Å². The standard InChI is InChI=1S/C14H15N3O3/c1-8-7-10(14(20)16-6-5-12(18)19)9-3-2-4-11(15)13(9)17-8/h2-4,7H,5-6,15H2,1H3,(H,16,20)(H,18,19). The number of rotatable bonds is 4. The van der Waals surface area contributed by atoms with E-state index in [1.54, 1.807) is 31.2 Å². The predicted octanol–water partition coefficient (Wildman–Crippen LogP) is 1.33. The van der Waals surface area contributed by atoms with Gasteiger partial charge in [0.15, 0.2) is 0 Å². The molecule has 0 fully saturated rings. The summed E-state index contributed by atoms with van der Waals surface area (Å²) in [6.07, 6.45) is -0.115. The van der Waals surface area contributed by atoms with E-state index in [2.05, 4.69) is 10.3 Å². The van der Waals surface area contributed by atoms with Gasteiger partial charge in [0.25, 0.3) is 5.91 Å². The number of nitrogens with zero attached hydrogens (tertiary/aromatic N) is 1. The lowest BCUT2D eigenvalue weighted by atomic mass is 10.1. The molecule has 0 aliphatic carbocycles. The Bertz CT molecular complexity index is 683. The summed E-state index contributed by atoms with van der Waals surface area (Å²) >= 11 is 0. The zero-order chi connectivity index (χ0) is 14.7. The van der Waals surface area contributed by atoms with E-state index in [0.717, 1.165) is 0 Å². The van der Waals surface area contributed by atoms with Gasteiger partial charge in [-0.2, -0.15) is 0 Å². The third-order valence-electron chi connectivity index (χ3n) is 2.87. The van der Waals surface area contributed by atoms with Crippen LogP contribution in [-0.2, 0) is 4.79 Å². The van der Waals surface area contributed by atoms with Crippen molar-refractivity contribution in [2.24, 2.45) is 0 Å². The Kier molecular flexibility index (Phi) is 3.84. The molecule has 0 aliphatic heterocycles. The lowest BCUT2D eigenvalue weighted by molar-refractivity contribution is -0.136. The van der Waals surface area contributed by atoms with Gasteiger partial charge in [0, 0.05) is 17.6 Å². The molecule has 4 N–H and O–H groups in total. The molecule has 1 aromatic carbocycles. The van der Waals surface area contributed by atoms with Crippen molar-refractivity contribution >= 4 is 28.5 Å². The van der Waals surface area contributed by atoms with Gasteiger partial charge in [0.2, 0.25) is 0 Å². The number of amides is 1. The molecule has 0 aliphatic rings. The zero-order valence-corrected chi connectivity index (χ0v) is 11.0. The van der Waals surface area contributed by atoms with Crippen LogP contribution in [0.3, 0.4) is 0 Å². The minimum absolute atomic E-state index is 0.0827. The van der Waals surface area contributed by atoms with Gasteiger partial charge in [-0.15, -0.1) is 0 Å². The smallest absolute Gasteiger partial charge is 0.305 e. The number of nitrogens with one attached hydrogen (secondary N) is 1. The number of fused-ring (bicyclic) bond motifs is 1. The van der Waals surface area contributed by atoms with Crippen LogP contribution in [0.2, 0.25) is 0 Å². The molecule has 1 amide bonds. The summed E-state index contributed by atoms with van der Waals surface area (Å²) in [7, 11) is 0. The van der Waals surface area contributed by atoms with E-state index in [1.165, 1.54) is 0 Å². The Hall–Kier alpha value is -2.63. The highest BCUT2D eigenvalue weighted by molar-refractivity contribution is 6.08. The highest BCUT2D eigenvalue weighted by Crippen LogP contribution is 2.23. The molecule has 0 bridgehead atoms. The summed E-state index contributed by atoms with van der Waals surface area (Å²) in [5.41, 5.74) is 8.08. The summed E-state index contributed by atoms with van der Waals surface area (Å²) in [6.45, 7) is 1.86. The van der Waals surface area contributed by atoms with E-state index in [9.17, 15) is 9.59 Å². The number of nitrogen functional groups attached to an aromatic ring is 1.